The Kier molecular flexibility index (Phi) is 3.69. The lowest BCUT2D eigenvalue weighted by Gasteiger charge is -2.22. The molecule has 1 unspecified atom stereocenters. The summed E-state index contributed by atoms with van der Waals surface area (Å²) in [6.07, 6.45) is -4.17. The quantitative estimate of drug-likeness (QED) is 0.928. The zero-order valence-corrected chi connectivity index (χ0v) is 10.4. The van der Waals surface area contributed by atoms with Crippen molar-refractivity contribution >= 4 is 11.9 Å². The number of hydrogen-bond donors (Lipinski definition) is 1. The normalized spacial score (nSPS) is 19.4. The van der Waals surface area contributed by atoms with Crippen LogP contribution >= 0.6 is 0 Å². The van der Waals surface area contributed by atoms with Crippen LogP contribution < -0.4 is 0 Å². The molecular weight excluding hydrogens is 275 g/mol. The van der Waals surface area contributed by atoms with Gasteiger partial charge >= 0.3 is 12.1 Å². The fourth-order valence-corrected chi connectivity index (χ4v) is 2.23. The molecule has 1 aromatic rings. The van der Waals surface area contributed by atoms with Crippen molar-refractivity contribution in [3.05, 3.63) is 35.4 Å². The first-order valence-electron chi connectivity index (χ1n) is 5.97. The molecule has 1 fully saturated rings. The van der Waals surface area contributed by atoms with Crippen molar-refractivity contribution < 1.29 is 27.9 Å². The van der Waals surface area contributed by atoms with E-state index in [1.807, 2.05) is 0 Å². The summed E-state index contributed by atoms with van der Waals surface area (Å²) >= 11 is 0. The standard InChI is InChI=1S/C13H12F3NO3/c14-13(15,16)9-3-1-2-8(6-9)7-17-10(12(19)20)4-5-11(17)18/h1-3,6,10H,4-5,7H2,(H,19,20). The number of hydrogen-bond acceptors (Lipinski definition) is 2. The number of amides is 1. The minimum Gasteiger partial charge on any atom is -0.480 e. The van der Waals surface area contributed by atoms with E-state index in [0.29, 0.717) is 0 Å². The van der Waals surface area contributed by atoms with Crippen LogP contribution in [0.15, 0.2) is 24.3 Å². The van der Waals surface area contributed by atoms with Gasteiger partial charge in [0, 0.05) is 13.0 Å². The average Bonchev–Trinajstić information content (AvgIpc) is 2.70. The van der Waals surface area contributed by atoms with Crippen molar-refractivity contribution in [2.75, 3.05) is 0 Å². The fraction of sp³-hybridized carbons (Fsp3) is 0.385. The highest BCUT2D eigenvalue weighted by atomic mass is 19.4. The highest BCUT2D eigenvalue weighted by Gasteiger charge is 2.36. The largest absolute Gasteiger partial charge is 0.480 e. The van der Waals surface area contributed by atoms with Gasteiger partial charge in [0.15, 0.2) is 0 Å². The lowest BCUT2D eigenvalue weighted by atomic mass is 10.1. The van der Waals surface area contributed by atoms with E-state index in [1.165, 1.54) is 12.1 Å². The predicted molar refractivity (Wildman–Crippen MR) is 62.7 cm³/mol. The smallest absolute Gasteiger partial charge is 0.416 e. The highest BCUT2D eigenvalue weighted by Crippen LogP contribution is 2.30. The predicted octanol–water partition coefficient (Wildman–Crippen LogP) is 2.28. The number of nitrogens with zero attached hydrogens (tertiary/aromatic N) is 1. The van der Waals surface area contributed by atoms with E-state index in [0.717, 1.165) is 17.0 Å². The maximum Gasteiger partial charge on any atom is 0.416 e. The minimum atomic E-state index is -4.46. The molecule has 108 valence electrons. The molecule has 0 aromatic heterocycles. The Morgan fingerprint density at radius 1 is 1.40 bits per heavy atom. The Balaban J connectivity index is 2.21. The summed E-state index contributed by atoms with van der Waals surface area (Å²) in [5.74, 6) is -1.49. The van der Waals surface area contributed by atoms with Gasteiger partial charge in [-0.1, -0.05) is 12.1 Å². The van der Waals surface area contributed by atoms with Gasteiger partial charge in [0.25, 0.3) is 0 Å². The molecule has 1 heterocycles. The summed E-state index contributed by atoms with van der Waals surface area (Å²) < 4.78 is 37.8. The van der Waals surface area contributed by atoms with E-state index >= 15 is 0 Å². The van der Waals surface area contributed by atoms with Gasteiger partial charge in [-0.25, -0.2) is 4.79 Å². The van der Waals surface area contributed by atoms with Gasteiger partial charge in [0.2, 0.25) is 5.91 Å². The molecule has 1 aliphatic heterocycles. The Hall–Kier alpha value is -2.05. The number of aliphatic carboxylic acids is 1. The molecule has 20 heavy (non-hydrogen) atoms. The number of carbonyl (C=O) groups excluding carboxylic acids is 1. The van der Waals surface area contributed by atoms with Gasteiger partial charge in [-0.3, -0.25) is 4.79 Å². The summed E-state index contributed by atoms with van der Waals surface area (Å²) in [5, 5.41) is 8.99. The third-order valence-corrected chi connectivity index (χ3v) is 3.22. The van der Waals surface area contributed by atoms with E-state index in [4.69, 9.17) is 5.11 Å². The van der Waals surface area contributed by atoms with E-state index in [-0.39, 0.29) is 30.9 Å². The molecule has 2 rings (SSSR count). The zero-order valence-electron chi connectivity index (χ0n) is 10.4. The summed E-state index contributed by atoms with van der Waals surface area (Å²) in [5.41, 5.74) is -0.546. The molecule has 0 saturated carbocycles. The van der Waals surface area contributed by atoms with Crippen molar-refractivity contribution in [2.45, 2.75) is 31.6 Å². The van der Waals surface area contributed by atoms with Crippen molar-refractivity contribution in [1.29, 1.82) is 0 Å². The molecule has 0 spiro atoms. The molecule has 0 aliphatic carbocycles. The second-order valence-electron chi connectivity index (χ2n) is 4.61. The SMILES string of the molecule is O=C(O)C1CCC(=O)N1Cc1cccc(C(F)(F)F)c1. The summed E-state index contributed by atoms with van der Waals surface area (Å²) in [4.78, 5) is 23.7. The molecule has 0 bridgehead atoms. The first-order valence-corrected chi connectivity index (χ1v) is 5.97. The zero-order chi connectivity index (χ0) is 14.9. The van der Waals surface area contributed by atoms with E-state index in [1.54, 1.807) is 0 Å². The Morgan fingerprint density at radius 2 is 2.10 bits per heavy atom. The Labute approximate surface area is 112 Å². The molecule has 1 saturated heterocycles. The minimum absolute atomic E-state index is 0.107. The number of carboxylic acid groups (broad SMARTS) is 1. The number of carboxylic acids is 1. The summed E-state index contributed by atoms with van der Waals surface area (Å²) in [7, 11) is 0. The molecule has 1 aromatic carbocycles. The van der Waals surface area contributed by atoms with Gasteiger partial charge in [-0.2, -0.15) is 13.2 Å². The number of alkyl halides is 3. The number of benzene rings is 1. The van der Waals surface area contributed by atoms with Crippen molar-refractivity contribution in [3.63, 3.8) is 0 Å². The van der Waals surface area contributed by atoms with Crippen molar-refractivity contribution in [3.8, 4) is 0 Å². The van der Waals surface area contributed by atoms with Gasteiger partial charge in [-0.15, -0.1) is 0 Å². The van der Waals surface area contributed by atoms with Gasteiger partial charge < -0.3 is 10.0 Å². The molecule has 4 nitrogen and oxygen atoms in total. The number of carbonyl (C=O) groups is 2. The topological polar surface area (TPSA) is 57.6 Å². The van der Waals surface area contributed by atoms with Crippen molar-refractivity contribution in [1.82, 2.24) is 4.90 Å². The Bertz CT molecular complexity index is 542. The number of halogens is 3. The number of rotatable bonds is 3. The first-order chi connectivity index (χ1) is 9.29. The maximum absolute atomic E-state index is 12.6. The molecule has 0 radical (unpaired) electrons. The monoisotopic (exact) mass is 287 g/mol. The molecule has 1 N–H and O–H groups in total. The van der Waals surface area contributed by atoms with Gasteiger partial charge in [0.05, 0.1) is 5.56 Å². The van der Waals surface area contributed by atoms with Crippen LogP contribution in [0.2, 0.25) is 0 Å². The lowest BCUT2D eigenvalue weighted by Crippen LogP contribution is -2.37. The molecule has 1 atom stereocenters. The first kappa shape index (κ1) is 14.4. The fourth-order valence-electron chi connectivity index (χ4n) is 2.23. The van der Waals surface area contributed by atoms with E-state index in [9.17, 15) is 22.8 Å². The molecule has 7 heteroatoms. The third-order valence-electron chi connectivity index (χ3n) is 3.22. The highest BCUT2D eigenvalue weighted by molar-refractivity contribution is 5.87. The van der Waals surface area contributed by atoms with Crippen LogP contribution in [-0.2, 0) is 22.3 Å². The van der Waals surface area contributed by atoms with Crippen LogP contribution in [0.3, 0.4) is 0 Å². The van der Waals surface area contributed by atoms with Crippen molar-refractivity contribution in [2.24, 2.45) is 0 Å². The summed E-state index contributed by atoms with van der Waals surface area (Å²) in [6.45, 7) is -0.125. The van der Waals surface area contributed by atoms with Crippen LogP contribution in [0.4, 0.5) is 13.2 Å². The van der Waals surface area contributed by atoms with Crippen LogP contribution in [0.25, 0.3) is 0 Å². The summed E-state index contributed by atoms with van der Waals surface area (Å²) in [6, 6.07) is 3.60. The van der Waals surface area contributed by atoms with Gasteiger partial charge in [-0.05, 0) is 24.1 Å². The van der Waals surface area contributed by atoms with Crippen LogP contribution in [0, 0.1) is 0 Å². The van der Waals surface area contributed by atoms with Gasteiger partial charge in [0.1, 0.15) is 6.04 Å². The van der Waals surface area contributed by atoms with E-state index < -0.39 is 23.8 Å². The third kappa shape index (κ3) is 2.92. The number of likely N-dealkylation sites (tertiary alicyclic amines) is 1. The second-order valence-corrected chi connectivity index (χ2v) is 4.61. The second kappa shape index (κ2) is 5.15. The molecular formula is C13H12F3NO3. The Morgan fingerprint density at radius 3 is 2.70 bits per heavy atom. The van der Waals surface area contributed by atoms with Crippen LogP contribution in [0.1, 0.15) is 24.0 Å². The molecule has 1 aliphatic rings. The van der Waals surface area contributed by atoms with Crippen LogP contribution in [-0.4, -0.2) is 27.9 Å². The lowest BCUT2D eigenvalue weighted by molar-refractivity contribution is -0.146. The van der Waals surface area contributed by atoms with Crippen LogP contribution in [0.5, 0.6) is 0 Å². The average molecular weight is 287 g/mol. The maximum atomic E-state index is 12.6. The van der Waals surface area contributed by atoms with E-state index in [2.05, 4.69) is 0 Å². The molecule has 1 amide bonds.